The van der Waals surface area contributed by atoms with Crippen molar-refractivity contribution in [3.8, 4) is 0 Å². The van der Waals surface area contributed by atoms with E-state index in [0.717, 1.165) is 5.56 Å². The lowest BCUT2D eigenvalue weighted by molar-refractivity contribution is 0.124. The first-order valence-electron chi connectivity index (χ1n) is 6.20. The van der Waals surface area contributed by atoms with Gasteiger partial charge in [-0.15, -0.1) is 0 Å². The molecule has 0 saturated carbocycles. The molecule has 0 aliphatic carbocycles. The zero-order valence-corrected chi connectivity index (χ0v) is 12.8. The topological polar surface area (TPSA) is 29.5 Å². The van der Waals surface area contributed by atoms with E-state index in [4.69, 9.17) is 4.74 Å². The Bertz CT molecular complexity index is 387. The van der Waals surface area contributed by atoms with Crippen LogP contribution in [0.25, 0.3) is 0 Å². The summed E-state index contributed by atoms with van der Waals surface area (Å²) in [5.41, 5.74) is 1.14. The maximum absolute atomic E-state index is 12.1. The smallest absolute Gasteiger partial charge is 0.442 e. The summed E-state index contributed by atoms with van der Waals surface area (Å²) in [6, 6.07) is 10.1. The van der Waals surface area contributed by atoms with E-state index in [9.17, 15) is 4.79 Å². The van der Waals surface area contributed by atoms with E-state index in [-0.39, 0.29) is 12.1 Å². The van der Waals surface area contributed by atoms with Gasteiger partial charge in [0.05, 0.1) is 32.6 Å². The molecule has 1 aromatic rings. The van der Waals surface area contributed by atoms with Gasteiger partial charge < -0.3 is 4.74 Å². The Morgan fingerprint density at radius 3 is 2.28 bits per heavy atom. The van der Waals surface area contributed by atoms with Crippen LogP contribution in [0.15, 0.2) is 30.3 Å². The molecule has 1 unspecified atom stereocenters. The highest BCUT2D eigenvalue weighted by atomic mass is 31.2. The summed E-state index contributed by atoms with van der Waals surface area (Å²) in [7, 11) is -1.47. The maximum Gasteiger partial charge on any atom is 0.442 e. The van der Waals surface area contributed by atoms with E-state index >= 15 is 0 Å². The molecule has 1 aromatic carbocycles. The fourth-order valence-corrected chi connectivity index (χ4v) is 3.71. The molecular formula is C14H23NO2P+. The van der Waals surface area contributed by atoms with E-state index in [0.29, 0.717) is 6.61 Å². The average Bonchev–Trinajstić information content (AvgIpc) is 2.28. The monoisotopic (exact) mass is 268 g/mol. The number of benzene rings is 1. The van der Waals surface area contributed by atoms with Gasteiger partial charge in [0, 0.05) is 0 Å². The number of nitrogens with zero attached hydrogens (tertiary/aromatic N) is 1. The Balaban J connectivity index is 3.01. The second-order valence-electron chi connectivity index (χ2n) is 5.07. The molecular weight excluding hydrogens is 245 g/mol. The fourth-order valence-electron chi connectivity index (χ4n) is 1.99. The molecule has 0 radical (unpaired) electrons. The molecule has 1 atom stereocenters. The van der Waals surface area contributed by atoms with Gasteiger partial charge in [0.2, 0.25) is 0 Å². The third-order valence-electron chi connectivity index (χ3n) is 2.75. The fraction of sp³-hybridized carbons (Fsp3) is 0.500. The zero-order chi connectivity index (χ0) is 13.8. The van der Waals surface area contributed by atoms with Gasteiger partial charge >= 0.3 is 6.09 Å². The van der Waals surface area contributed by atoms with Crippen LogP contribution in [0.2, 0.25) is 0 Å². The zero-order valence-electron chi connectivity index (χ0n) is 11.9. The van der Waals surface area contributed by atoms with Crippen molar-refractivity contribution in [1.29, 1.82) is 0 Å². The van der Waals surface area contributed by atoms with Gasteiger partial charge in [-0.1, -0.05) is 30.3 Å². The lowest BCUT2D eigenvalue weighted by Crippen LogP contribution is -2.33. The summed E-state index contributed by atoms with van der Waals surface area (Å²) in [6.07, 6.45) is -0.213. The number of hydrogen-bond acceptors (Lipinski definition) is 2. The molecule has 0 heterocycles. The number of carbonyl (C=O) groups is 1. The highest BCUT2D eigenvalue weighted by Crippen LogP contribution is 2.55. The molecule has 1 amide bonds. The van der Waals surface area contributed by atoms with E-state index in [1.807, 2.05) is 41.9 Å². The second-order valence-corrected chi connectivity index (χ2v) is 9.39. The number of hydrogen-bond donors (Lipinski definition) is 0. The van der Waals surface area contributed by atoms with Crippen LogP contribution in [0.3, 0.4) is 0 Å². The van der Waals surface area contributed by atoms with Gasteiger partial charge in [-0.25, -0.2) is 4.79 Å². The molecule has 0 saturated heterocycles. The third-order valence-corrected chi connectivity index (χ3v) is 4.55. The standard InChI is InChI=1S/C14H23NO2P/c1-6-17-14(16)15(18(3,4)5)12(2)13-10-8-7-9-11-13/h7-12H,6H2,1-5H3/q+1. The summed E-state index contributed by atoms with van der Waals surface area (Å²) in [6.45, 7) is 10.7. The highest BCUT2D eigenvalue weighted by Gasteiger charge is 2.39. The summed E-state index contributed by atoms with van der Waals surface area (Å²) in [4.78, 5) is 12.1. The van der Waals surface area contributed by atoms with E-state index in [1.165, 1.54) is 0 Å². The van der Waals surface area contributed by atoms with Crippen molar-refractivity contribution in [3.05, 3.63) is 35.9 Å². The molecule has 100 valence electrons. The number of amides is 1. The Morgan fingerprint density at radius 2 is 1.83 bits per heavy atom. The molecule has 0 spiro atoms. The van der Waals surface area contributed by atoms with Gasteiger partial charge in [-0.2, -0.15) is 4.67 Å². The summed E-state index contributed by atoms with van der Waals surface area (Å²) in [5, 5.41) is 0. The molecule has 3 nitrogen and oxygen atoms in total. The van der Waals surface area contributed by atoms with Crippen LogP contribution in [-0.2, 0) is 4.74 Å². The maximum atomic E-state index is 12.1. The summed E-state index contributed by atoms with van der Waals surface area (Å²) >= 11 is 0. The molecule has 0 aliphatic rings. The van der Waals surface area contributed by atoms with Crippen LogP contribution in [0.5, 0.6) is 0 Å². The predicted octanol–water partition coefficient (Wildman–Crippen LogP) is 4.03. The van der Waals surface area contributed by atoms with E-state index < -0.39 is 7.41 Å². The van der Waals surface area contributed by atoms with Crippen LogP contribution in [0.1, 0.15) is 25.5 Å². The lowest BCUT2D eigenvalue weighted by Gasteiger charge is -2.32. The van der Waals surface area contributed by atoms with Crippen LogP contribution in [0.4, 0.5) is 4.79 Å². The molecule has 0 bridgehead atoms. The molecule has 0 fully saturated rings. The average molecular weight is 268 g/mol. The first-order chi connectivity index (χ1) is 8.38. The second kappa shape index (κ2) is 6.19. The quantitative estimate of drug-likeness (QED) is 0.772. The van der Waals surface area contributed by atoms with Crippen molar-refractivity contribution in [2.45, 2.75) is 19.9 Å². The molecule has 0 N–H and O–H groups in total. The van der Waals surface area contributed by atoms with Gasteiger partial charge in [-0.05, 0) is 19.4 Å². The van der Waals surface area contributed by atoms with Crippen molar-refractivity contribution in [3.63, 3.8) is 0 Å². The van der Waals surface area contributed by atoms with Crippen molar-refractivity contribution in [2.75, 3.05) is 26.6 Å². The van der Waals surface area contributed by atoms with Crippen molar-refractivity contribution in [2.24, 2.45) is 0 Å². The van der Waals surface area contributed by atoms with Crippen molar-refractivity contribution in [1.82, 2.24) is 4.67 Å². The molecule has 1 rings (SSSR count). The van der Waals surface area contributed by atoms with Gasteiger partial charge in [-0.3, -0.25) is 0 Å². The van der Waals surface area contributed by atoms with E-state index in [2.05, 4.69) is 26.9 Å². The van der Waals surface area contributed by atoms with Gasteiger partial charge in [0.15, 0.2) is 0 Å². The predicted molar refractivity (Wildman–Crippen MR) is 78.4 cm³/mol. The SMILES string of the molecule is CCOC(=O)N(C(C)c1ccccc1)[P+](C)(C)C. The largest absolute Gasteiger partial charge is 0.448 e. The number of rotatable bonds is 4. The van der Waals surface area contributed by atoms with Crippen LogP contribution >= 0.6 is 7.41 Å². The first kappa shape index (κ1) is 15.0. The number of carbonyl (C=O) groups excluding carboxylic acids is 1. The number of ether oxygens (including phenoxy) is 1. The van der Waals surface area contributed by atoms with Crippen LogP contribution in [-0.4, -0.2) is 37.4 Å². The Labute approximate surface area is 111 Å². The van der Waals surface area contributed by atoms with Gasteiger partial charge in [0.1, 0.15) is 7.41 Å². The lowest BCUT2D eigenvalue weighted by atomic mass is 10.1. The normalized spacial score (nSPS) is 12.9. The van der Waals surface area contributed by atoms with Gasteiger partial charge in [0.25, 0.3) is 0 Å². The Kier molecular flexibility index (Phi) is 5.15. The molecule has 18 heavy (non-hydrogen) atoms. The Morgan fingerprint density at radius 1 is 1.28 bits per heavy atom. The molecule has 0 aliphatic heterocycles. The first-order valence-corrected chi connectivity index (χ1v) is 9.29. The summed E-state index contributed by atoms with van der Waals surface area (Å²) in [5.74, 6) is 0. The van der Waals surface area contributed by atoms with Crippen molar-refractivity contribution < 1.29 is 9.53 Å². The minimum absolute atomic E-state index is 0.0404. The third kappa shape index (κ3) is 3.71. The highest BCUT2D eigenvalue weighted by molar-refractivity contribution is 7.72. The molecule has 4 heteroatoms. The minimum atomic E-state index is -1.47. The Hall–Kier alpha value is -1.08. The van der Waals surface area contributed by atoms with Crippen LogP contribution in [0, 0.1) is 0 Å². The summed E-state index contributed by atoms with van der Waals surface area (Å²) < 4.78 is 7.08. The minimum Gasteiger partial charge on any atom is -0.448 e. The van der Waals surface area contributed by atoms with E-state index in [1.54, 1.807) is 0 Å². The van der Waals surface area contributed by atoms with Crippen molar-refractivity contribution >= 4 is 13.5 Å². The van der Waals surface area contributed by atoms with Crippen LogP contribution < -0.4 is 0 Å². The molecule has 0 aromatic heterocycles.